The second-order valence-corrected chi connectivity index (χ2v) is 7.85. The molecule has 4 nitrogen and oxygen atoms in total. The van der Waals surface area contributed by atoms with Crippen LogP contribution in [0.3, 0.4) is 0 Å². The lowest BCUT2D eigenvalue weighted by atomic mass is 10.1. The SMILES string of the molecule is C.Cc1ccc2c(=O)cc(OC(C)C)[nH]c2c1Br.Cc1cccc(N)c1Br. The summed E-state index contributed by atoms with van der Waals surface area (Å²) in [6.07, 6.45) is 0.0340. The number of nitrogens with two attached hydrogens (primary N) is 1. The number of rotatable bonds is 2. The maximum absolute atomic E-state index is 11.9. The van der Waals surface area contributed by atoms with Crippen LogP contribution < -0.4 is 15.9 Å². The predicted octanol–water partition coefficient (Wildman–Crippen LogP) is 6.36. The molecule has 0 saturated carbocycles. The standard InChI is InChI=1S/C13H14BrNO2.C7H8BrN.CH4/c1-7(2)17-11-6-10(16)9-5-4-8(3)12(14)13(9)15-11;1-5-3-2-4-6(9)7(5)8;/h4-7H,1-3H3,(H,15,16);2-4H,9H2,1H3;1H4. The van der Waals surface area contributed by atoms with Crippen molar-refractivity contribution in [1.82, 2.24) is 4.98 Å². The Balaban J connectivity index is 0.000000310. The summed E-state index contributed by atoms with van der Waals surface area (Å²) in [7, 11) is 0. The average Bonchev–Trinajstić information content (AvgIpc) is 2.56. The Bertz CT molecular complexity index is 962. The second kappa shape index (κ2) is 9.95. The molecule has 0 unspecified atom stereocenters. The number of aromatic amines is 1. The number of pyridine rings is 1. The summed E-state index contributed by atoms with van der Waals surface area (Å²) in [6, 6.07) is 11.1. The number of aromatic nitrogens is 1. The summed E-state index contributed by atoms with van der Waals surface area (Å²) >= 11 is 6.84. The summed E-state index contributed by atoms with van der Waals surface area (Å²) in [5.41, 5.74) is 9.38. The Morgan fingerprint density at radius 3 is 2.22 bits per heavy atom. The van der Waals surface area contributed by atoms with Gasteiger partial charge in [-0.25, -0.2) is 0 Å². The maximum Gasteiger partial charge on any atom is 0.195 e. The third kappa shape index (κ3) is 5.84. The maximum atomic E-state index is 11.9. The van der Waals surface area contributed by atoms with Crippen molar-refractivity contribution in [2.24, 2.45) is 0 Å². The van der Waals surface area contributed by atoms with Crippen LogP contribution in [0.2, 0.25) is 0 Å². The zero-order chi connectivity index (χ0) is 19.4. The van der Waals surface area contributed by atoms with Gasteiger partial charge in [0.2, 0.25) is 0 Å². The topological polar surface area (TPSA) is 68.1 Å². The molecule has 6 heteroatoms. The number of H-pyrrole nitrogens is 1. The Morgan fingerprint density at radius 2 is 1.67 bits per heavy atom. The molecule has 0 fully saturated rings. The van der Waals surface area contributed by atoms with E-state index >= 15 is 0 Å². The van der Waals surface area contributed by atoms with Crippen LogP contribution in [0.4, 0.5) is 5.69 Å². The van der Waals surface area contributed by atoms with E-state index in [2.05, 4.69) is 36.8 Å². The molecule has 27 heavy (non-hydrogen) atoms. The van der Waals surface area contributed by atoms with E-state index in [1.54, 1.807) is 0 Å². The summed E-state index contributed by atoms with van der Waals surface area (Å²) in [6.45, 7) is 7.85. The summed E-state index contributed by atoms with van der Waals surface area (Å²) in [5.74, 6) is 0.504. The largest absolute Gasteiger partial charge is 0.476 e. The first-order valence-electron chi connectivity index (χ1n) is 8.20. The van der Waals surface area contributed by atoms with Crippen LogP contribution >= 0.6 is 31.9 Å². The number of halogens is 2. The van der Waals surface area contributed by atoms with Gasteiger partial charge in [0.05, 0.1) is 11.6 Å². The third-order valence-electron chi connectivity index (χ3n) is 3.70. The fraction of sp³-hybridized carbons (Fsp3) is 0.286. The Morgan fingerprint density at radius 1 is 1.04 bits per heavy atom. The zero-order valence-corrected chi connectivity index (χ0v) is 18.4. The molecule has 1 heterocycles. The molecule has 146 valence electrons. The van der Waals surface area contributed by atoms with E-state index in [4.69, 9.17) is 10.5 Å². The minimum atomic E-state index is -0.0323. The second-order valence-electron chi connectivity index (χ2n) is 6.26. The number of hydrogen-bond acceptors (Lipinski definition) is 3. The van der Waals surface area contributed by atoms with Gasteiger partial charge < -0.3 is 15.5 Å². The number of fused-ring (bicyclic) bond motifs is 1. The number of nitrogens with one attached hydrogen (secondary N) is 1. The Kier molecular flexibility index (Phi) is 8.57. The van der Waals surface area contributed by atoms with Crippen LogP contribution in [0.15, 0.2) is 50.1 Å². The van der Waals surface area contributed by atoms with Crippen LogP contribution in [0.25, 0.3) is 10.9 Å². The van der Waals surface area contributed by atoms with Crippen molar-refractivity contribution in [3.8, 4) is 5.88 Å². The van der Waals surface area contributed by atoms with Crippen molar-refractivity contribution in [3.63, 3.8) is 0 Å². The van der Waals surface area contributed by atoms with E-state index in [9.17, 15) is 4.79 Å². The number of ether oxygens (including phenoxy) is 1. The van der Waals surface area contributed by atoms with Gasteiger partial charge in [-0.1, -0.05) is 25.6 Å². The predicted molar refractivity (Wildman–Crippen MR) is 123 cm³/mol. The molecule has 0 aliphatic carbocycles. The first-order valence-corrected chi connectivity index (χ1v) is 9.78. The van der Waals surface area contributed by atoms with Crippen LogP contribution in [0.5, 0.6) is 5.88 Å². The molecular weight excluding hydrogens is 472 g/mol. The molecule has 2 aromatic carbocycles. The van der Waals surface area contributed by atoms with Crippen molar-refractivity contribution in [2.75, 3.05) is 5.73 Å². The number of benzene rings is 2. The van der Waals surface area contributed by atoms with Gasteiger partial charge in [0, 0.05) is 26.1 Å². The first-order chi connectivity index (χ1) is 12.2. The molecular formula is C21H26Br2N2O2. The van der Waals surface area contributed by atoms with Crippen molar-refractivity contribution in [1.29, 1.82) is 0 Å². The lowest BCUT2D eigenvalue weighted by Crippen LogP contribution is -2.11. The number of anilines is 1. The average molecular weight is 498 g/mol. The van der Waals surface area contributed by atoms with Crippen LogP contribution in [-0.4, -0.2) is 11.1 Å². The highest BCUT2D eigenvalue weighted by Gasteiger charge is 2.08. The monoisotopic (exact) mass is 496 g/mol. The zero-order valence-electron chi connectivity index (χ0n) is 15.2. The van der Waals surface area contributed by atoms with Gasteiger partial charge in [-0.2, -0.15) is 0 Å². The summed E-state index contributed by atoms with van der Waals surface area (Å²) in [4.78, 5) is 15.1. The molecule has 3 aromatic rings. The summed E-state index contributed by atoms with van der Waals surface area (Å²) in [5, 5.41) is 0.665. The van der Waals surface area contributed by atoms with Gasteiger partial charge in [0.25, 0.3) is 0 Å². The Labute approximate surface area is 177 Å². The lowest BCUT2D eigenvalue weighted by molar-refractivity contribution is 0.233. The molecule has 0 saturated heterocycles. The van der Waals surface area contributed by atoms with Crippen LogP contribution in [0.1, 0.15) is 32.4 Å². The fourth-order valence-corrected chi connectivity index (χ4v) is 3.06. The van der Waals surface area contributed by atoms with Gasteiger partial charge in [0.1, 0.15) is 0 Å². The van der Waals surface area contributed by atoms with Crippen LogP contribution in [0, 0.1) is 13.8 Å². The van der Waals surface area contributed by atoms with Gasteiger partial charge in [-0.3, -0.25) is 4.79 Å². The number of hydrogen-bond donors (Lipinski definition) is 2. The molecule has 0 atom stereocenters. The number of nitrogen functional groups attached to an aromatic ring is 1. The van der Waals surface area contributed by atoms with Crippen LogP contribution in [-0.2, 0) is 0 Å². The van der Waals surface area contributed by atoms with E-state index in [1.165, 1.54) is 11.6 Å². The van der Waals surface area contributed by atoms with E-state index in [0.717, 1.165) is 25.7 Å². The Hall–Kier alpha value is -1.79. The minimum absolute atomic E-state index is 0. The molecule has 3 rings (SSSR count). The van der Waals surface area contributed by atoms with Gasteiger partial charge in [0.15, 0.2) is 11.3 Å². The van der Waals surface area contributed by atoms with E-state index in [1.807, 2.05) is 58.0 Å². The smallest absolute Gasteiger partial charge is 0.195 e. The van der Waals surface area contributed by atoms with E-state index in [0.29, 0.717) is 11.3 Å². The molecule has 0 spiro atoms. The van der Waals surface area contributed by atoms with E-state index in [-0.39, 0.29) is 19.0 Å². The summed E-state index contributed by atoms with van der Waals surface area (Å²) < 4.78 is 7.43. The fourth-order valence-electron chi connectivity index (χ4n) is 2.35. The minimum Gasteiger partial charge on any atom is -0.476 e. The highest BCUT2D eigenvalue weighted by Crippen LogP contribution is 2.25. The molecule has 0 bridgehead atoms. The van der Waals surface area contributed by atoms with Crippen molar-refractivity contribution < 1.29 is 4.74 Å². The van der Waals surface area contributed by atoms with Gasteiger partial charge >= 0.3 is 0 Å². The van der Waals surface area contributed by atoms with Crippen molar-refractivity contribution in [2.45, 2.75) is 41.2 Å². The molecule has 0 aliphatic rings. The highest BCUT2D eigenvalue weighted by molar-refractivity contribution is 9.11. The molecule has 0 amide bonds. The van der Waals surface area contributed by atoms with Crippen molar-refractivity contribution in [3.05, 3.63) is 66.7 Å². The van der Waals surface area contributed by atoms with E-state index < -0.39 is 0 Å². The normalized spacial score (nSPS) is 10.2. The third-order valence-corrected chi connectivity index (χ3v) is 5.80. The van der Waals surface area contributed by atoms with Gasteiger partial charge in [-0.15, -0.1) is 0 Å². The van der Waals surface area contributed by atoms with Crippen molar-refractivity contribution >= 4 is 48.5 Å². The molecule has 3 N–H and O–H groups in total. The highest BCUT2D eigenvalue weighted by atomic mass is 79.9. The first kappa shape index (κ1) is 23.2. The quantitative estimate of drug-likeness (QED) is 0.404. The molecule has 0 radical (unpaired) electrons. The molecule has 0 aliphatic heterocycles. The van der Waals surface area contributed by atoms with Gasteiger partial charge in [-0.05, 0) is 82.8 Å². The lowest BCUT2D eigenvalue weighted by Gasteiger charge is -2.11. The number of aryl methyl sites for hydroxylation is 2. The molecule has 1 aromatic heterocycles.